The SMILES string of the molecule is COc1cc(N2CCCCC2CCBr)ncn1. The number of halogens is 1. The smallest absolute Gasteiger partial charge is 0.218 e. The lowest BCUT2D eigenvalue weighted by Gasteiger charge is -2.36. The summed E-state index contributed by atoms with van der Waals surface area (Å²) in [5.74, 6) is 1.63. The lowest BCUT2D eigenvalue weighted by molar-refractivity contribution is 0.395. The van der Waals surface area contributed by atoms with E-state index in [-0.39, 0.29) is 0 Å². The van der Waals surface area contributed by atoms with Crippen molar-refractivity contribution in [2.75, 3.05) is 23.9 Å². The summed E-state index contributed by atoms with van der Waals surface area (Å²) in [5.41, 5.74) is 0. The van der Waals surface area contributed by atoms with Crippen LogP contribution >= 0.6 is 15.9 Å². The number of nitrogens with zero attached hydrogens (tertiary/aromatic N) is 3. The molecule has 1 atom stereocenters. The van der Waals surface area contributed by atoms with Crippen molar-refractivity contribution < 1.29 is 4.74 Å². The molecule has 1 saturated heterocycles. The molecule has 2 heterocycles. The van der Waals surface area contributed by atoms with Crippen LogP contribution in [0.25, 0.3) is 0 Å². The predicted octanol–water partition coefficient (Wildman–Crippen LogP) is 2.63. The highest BCUT2D eigenvalue weighted by Crippen LogP contribution is 2.26. The van der Waals surface area contributed by atoms with E-state index in [4.69, 9.17) is 4.74 Å². The molecule has 4 nitrogen and oxygen atoms in total. The molecule has 5 heteroatoms. The molecular formula is C12H18BrN3O. The first-order chi connectivity index (χ1) is 8.35. The van der Waals surface area contributed by atoms with Crippen molar-refractivity contribution in [2.24, 2.45) is 0 Å². The number of hydrogen-bond donors (Lipinski definition) is 0. The first kappa shape index (κ1) is 12.6. The molecule has 1 fully saturated rings. The number of ether oxygens (including phenoxy) is 1. The topological polar surface area (TPSA) is 38.2 Å². The van der Waals surface area contributed by atoms with Crippen LogP contribution in [0, 0.1) is 0 Å². The summed E-state index contributed by atoms with van der Waals surface area (Å²) in [5, 5.41) is 1.04. The van der Waals surface area contributed by atoms with Gasteiger partial charge in [-0.1, -0.05) is 15.9 Å². The monoisotopic (exact) mass is 299 g/mol. The van der Waals surface area contributed by atoms with Gasteiger partial charge in [-0.15, -0.1) is 0 Å². The molecule has 0 radical (unpaired) electrons. The largest absolute Gasteiger partial charge is 0.481 e. The van der Waals surface area contributed by atoms with Crippen LogP contribution in [0.5, 0.6) is 5.88 Å². The van der Waals surface area contributed by atoms with Gasteiger partial charge in [0.2, 0.25) is 5.88 Å². The second-order valence-corrected chi connectivity index (χ2v) is 5.03. The van der Waals surface area contributed by atoms with Crippen molar-refractivity contribution >= 4 is 21.7 Å². The Balaban J connectivity index is 2.16. The summed E-state index contributed by atoms with van der Waals surface area (Å²) in [6.45, 7) is 1.08. The summed E-state index contributed by atoms with van der Waals surface area (Å²) >= 11 is 3.53. The quantitative estimate of drug-likeness (QED) is 0.801. The molecule has 0 amide bonds. The van der Waals surface area contributed by atoms with Gasteiger partial charge in [0.1, 0.15) is 12.1 Å². The molecule has 1 aliphatic rings. The van der Waals surface area contributed by atoms with E-state index in [0.717, 1.165) is 24.1 Å². The van der Waals surface area contributed by atoms with E-state index in [9.17, 15) is 0 Å². The zero-order valence-electron chi connectivity index (χ0n) is 10.1. The van der Waals surface area contributed by atoms with E-state index < -0.39 is 0 Å². The van der Waals surface area contributed by atoms with Crippen molar-refractivity contribution in [2.45, 2.75) is 31.7 Å². The number of piperidine rings is 1. The van der Waals surface area contributed by atoms with E-state index >= 15 is 0 Å². The zero-order valence-corrected chi connectivity index (χ0v) is 11.7. The van der Waals surface area contributed by atoms with Crippen molar-refractivity contribution in [3.05, 3.63) is 12.4 Å². The maximum atomic E-state index is 5.15. The molecule has 1 aliphatic heterocycles. The number of methoxy groups -OCH3 is 1. The highest BCUT2D eigenvalue weighted by atomic mass is 79.9. The van der Waals surface area contributed by atoms with Crippen LogP contribution in [-0.2, 0) is 0 Å². The average Bonchev–Trinajstić information content (AvgIpc) is 2.40. The van der Waals surface area contributed by atoms with Gasteiger partial charge in [0.05, 0.1) is 7.11 Å². The van der Waals surface area contributed by atoms with Crippen LogP contribution in [0.15, 0.2) is 12.4 Å². The summed E-state index contributed by atoms with van der Waals surface area (Å²) in [4.78, 5) is 10.8. The number of anilines is 1. The minimum atomic E-state index is 0.586. The Labute approximate surface area is 111 Å². The third kappa shape index (κ3) is 3.09. The summed E-state index contributed by atoms with van der Waals surface area (Å²) in [6, 6.07) is 2.51. The Bertz CT molecular complexity index is 359. The fourth-order valence-electron chi connectivity index (χ4n) is 2.33. The Morgan fingerprint density at radius 1 is 1.47 bits per heavy atom. The number of aromatic nitrogens is 2. The van der Waals surface area contributed by atoms with Crippen molar-refractivity contribution in [1.29, 1.82) is 0 Å². The van der Waals surface area contributed by atoms with Crippen LogP contribution < -0.4 is 9.64 Å². The fraction of sp³-hybridized carbons (Fsp3) is 0.667. The predicted molar refractivity (Wildman–Crippen MR) is 72.0 cm³/mol. The van der Waals surface area contributed by atoms with Gasteiger partial charge in [0.15, 0.2) is 0 Å². The molecule has 0 aliphatic carbocycles. The van der Waals surface area contributed by atoms with Crippen LogP contribution in [0.3, 0.4) is 0 Å². The molecule has 0 spiro atoms. The Kier molecular flexibility index (Phi) is 4.59. The molecule has 0 aromatic carbocycles. The molecule has 1 unspecified atom stereocenters. The van der Waals surface area contributed by atoms with Crippen LogP contribution in [0.2, 0.25) is 0 Å². The van der Waals surface area contributed by atoms with Crippen LogP contribution in [-0.4, -0.2) is 35.0 Å². The van der Waals surface area contributed by atoms with Gasteiger partial charge in [0, 0.05) is 24.0 Å². The maximum Gasteiger partial charge on any atom is 0.218 e. The summed E-state index contributed by atoms with van der Waals surface area (Å²) in [7, 11) is 1.64. The first-order valence-corrected chi connectivity index (χ1v) is 7.16. The van der Waals surface area contributed by atoms with E-state index in [0.29, 0.717) is 11.9 Å². The lowest BCUT2D eigenvalue weighted by Crippen LogP contribution is -2.40. The third-order valence-corrected chi connectivity index (χ3v) is 3.66. The highest BCUT2D eigenvalue weighted by Gasteiger charge is 2.23. The van der Waals surface area contributed by atoms with Gasteiger partial charge in [-0.3, -0.25) is 0 Å². The summed E-state index contributed by atoms with van der Waals surface area (Å²) in [6.07, 6.45) is 6.54. The molecule has 0 bridgehead atoms. The minimum Gasteiger partial charge on any atom is -0.481 e. The molecular weight excluding hydrogens is 282 g/mol. The van der Waals surface area contributed by atoms with Gasteiger partial charge in [-0.05, 0) is 25.7 Å². The molecule has 2 rings (SSSR count). The molecule has 94 valence electrons. The molecule has 0 N–H and O–H groups in total. The molecule has 0 saturated carbocycles. The summed E-state index contributed by atoms with van der Waals surface area (Å²) < 4.78 is 5.15. The normalized spacial score (nSPS) is 20.4. The average molecular weight is 300 g/mol. The number of alkyl halides is 1. The van der Waals surface area contributed by atoms with Gasteiger partial charge < -0.3 is 9.64 Å². The Hall–Kier alpha value is -0.840. The van der Waals surface area contributed by atoms with E-state index in [1.165, 1.54) is 19.3 Å². The fourth-order valence-corrected chi connectivity index (χ4v) is 2.86. The minimum absolute atomic E-state index is 0.586. The standard InChI is InChI=1S/C12H18BrN3O/c1-17-12-8-11(14-9-15-12)16-7-3-2-4-10(16)5-6-13/h8-10H,2-7H2,1H3. The highest BCUT2D eigenvalue weighted by molar-refractivity contribution is 9.09. The zero-order chi connectivity index (χ0) is 12.1. The van der Waals surface area contributed by atoms with Crippen molar-refractivity contribution in [3.63, 3.8) is 0 Å². The molecule has 1 aromatic heterocycles. The second-order valence-electron chi connectivity index (χ2n) is 4.24. The van der Waals surface area contributed by atoms with E-state index in [1.807, 2.05) is 6.07 Å². The van der Waals surface area contributed by atoms with E-state index in [2.05, 4.69) is 30.8 Å². The molecule has 17 heavy (non-hydrogen) atoms. The van der Waals surface area contributed by atoms with Crippen molar-refractivity contribution in [3.8, 4) is 5.88 Å². The lowest BCUT2D eigenvalue weighted by atomic mass is 10.0. The van der Waals surface area contributed by atoms with Crippen LogP contribution in [0.4, 0.5) is 5.82 Å². The van der Waals surface area contributed by atoms with Crippen molar-refractivity contribution in [1.82, 2.24) is 9.97 Å². The van der Waals surface area contributed by atoms with Gasteiger partial charge in [-0.25, -0.2) is 9.97 Å². The van der Waals surface area contributed by atoms with Gasteiger partial charge >= 0.3 is 0 Å². The van der Waals surface area contributed by atoms with Gasteiger partial charge in [0.25, 0.3) is 0 Å². The third-order valence-electron chi connectivity index (χ3n) is 3.20. The molecule has 1 aromatic rings. The Morgan fingerprint density at radius 2 is 2.35 bits per heavy atom. The van der Waals surface area contributed by atoms with E-state index in [1.54, 1.807) is 13.4 Å². The number of hydrogen-bond acceptors (Lipinski definition) is 4. The first-order valence-electron chi connectivity index (χ1n) is 6.04. The van der Waals surface area contributed by atoms with Gasteiger partial charge in [-0.2, -0.15) is 0 Å². The maximum absolute atomic E-state index is 5.15. The van der Waals surface area contributed by atoms with Crippen LogP contribution in [0.1, 0.15) is 25.7 Å². The Morgan fingerprint density at radius 3 is 3.12 bits per heavy atom. The second kappa shape index (κ2) is 6.19. The number of rotatable bonds is 4.